The largest absolute Gasteiger partial charge is 0.381 e. The van der Waals surface area contributed by atoms with Gasteiger partial charge in [-0.15, -0.1) is 0 Å². The van der Waals surface area contributed by atoms with Crippen molar-refractivity contribution in [1.29, 1.82) is 0 Å². The van der Waals surface area contributed by atoms with Crippen molar-refractivity contribution < 1.29 is 9.47 Å². The van der Waals surface area contributed by atoms with Crippen LogP contribution in [-0.2, 0) is 9.47 Å². The molecule has 3 heteroatoms. The van der Waals surface area contributed by atoms with E-state index in [0.29, 0.717) is 6.04 Å². The van der Waals surface area contributed by atoms with Crippen LogP contribution < -0.4 is 5.32 Å². The zero-order valence-electron chi connectivity index (χ0n) is 11.3. The molecule has 100 valence electrons. The number of nitrogens with one attached hydrogen (secondary N) is 1. The van der Waals surface area contributed by atoms with Gasteiger partial charge in [0.05, 0.1) is 5.60 Å². The Bertz CT molecular complexity index is 220. The van der Waals surface area contributed by atoms with E-state index in [0.717, 1.165) is 19.1 Å². The predicted molar refractivity (Wildman–Crippen MR) is 69.2 cm³/mol. The summed E-state index contributed by atoms with van der Waals surface area (Å²) in [6.07, 6.45) is 8.76. The fraction of sp³-hybridized carbons (Fsp3) is 1.00. The van der Waals surface area contributed by atoms with E-state index in [1.807, 2.05) is 7.11 Å². The van der Waals surface area contributed by atoms with Crippen LogP contribution in [0.1, 0.15) is 44.9 Å². The van der Waals surface area contributed by atoms with Crippen LogP contribution in [0.3, 0.4) is 0 Å². The Hall–Kier alpha value is -0.120. The standard InChI is InChI=1S/C14H27NO2/c1-15-13(11-12-5-9-17-10-6-12)14(16-2)7-3-4-8-14/h12-13,15H,3-11H2,1-2H3. The molecule has 0 spiro atoms. The second-order valence-electron chi connectivity index (χ2n) is 5.61. The Kier molecular flexibility index (Phi) is 4.83. The third kappa shape index (κ3) is 3.01. The predicted octanol–water partition coefficient (Wildman–Crippen LogP) is 2.35. The molecule has 1 saturated carbocycles. The van der Waals surface area contributed by atoms with E-state index in [9.17, 15) is 0 Å². The fourth-order valence-corrected chi connectivity index (χ4v) is 3.58. The third-order valence-corrected chi connectivity index (χ3v) is 4.75. The minimum Gasteiger partial charge on any atom is -0.381 e. The normalized spacial score (nSPS) is 27.2. The van der Waals surface area contributed by atoms with E-state index in [1.54, 1.807) is 0 Å². The highest BCUT2D eigenvalue weighted by Gasteiger charge is 2.41. The van der Waals surface area contributed by atoms with E-state index in [2.05, 4.69) is 12.4 Å². The molecular weight excluding hydrogens is 214 g/mol. The summed E-state index contributed by atoms with van der Waals surface area (Å²) in [5.41, 5.74) is 0.104. The fourth-order valence-electron chi connectivity index (χ4n) is 3.58. The molecule has 1 N–H and O–H groups in total. The molecule has 1 aliphatic carbocycles. The molecule has 0 aromatic rings. The van der Waals surface area contributed by atoms with Gasteiger partial charge in [-0.3, -0.25) is 0 Å². The van der Waals surface area contributed by atoms with E-state index >= 15 is 0 Å². The molecule has 2 rings (SSSR count). The van der Waals surface area contributed by atoms with E-state index in [1.165, 1.54) is 44.9 Å². The van der Waals surface area contributed by atoms with Crippen LogP contribution in [0.2, 0.25) is 0 Å². The number of likely N-dealkylation sites (N-methyl/N-ethyl adjacent to an activating group) is 1. The summed E-state index contributed by atoms with van der Waals surface area (Å²) in [6, 6.07) is 0.512. The highest BCUT2D eigenvalue weighted by molar-refractivity contribution is 4.97. The molecule has 1 aliphatic heterocycles. The Balaban J connectivity index is 1.94. The van der Waals surface area contributed by atoms with Gasteiger partial charge in [-0.05, 0) is 45.1 Å². The van der Waals surface area contributed by atoms with Crippen LogP contribution in [0.4, 0.5) is 0 Å². The Morgan fingerprint density at radius 3 is 2.47 bits per heavy atom. The third-order valence-electron chi connectivity index (χ3n) is 4.75. The molecular formula is C14H27NO2. The van der Waals surface area contributed by atoms with E-state index in [-0.39, 0.29) is 5.60 Å². The quantitative estimate of drug-likeness (QED) is 0.801. The lowest BCUT2D eigenvalue weighted by atomic mass is 9.83. The molecule has 1 saturated heterocycles. The molecule has 0 aromatic carbocycles. The van der Waals surface area contributed by atoms with Gasteiger partial charge in [-0.1, -0.05) is 12.8 Å². The first-order valence-corrected chi connectivity index (χ1v) is 7.11. The molecule has 0 amide bonds. The summed E-state index contributed by atoms with van der Waals surface area (Å²) < 4.78 is 11.3. The van der Waals surface area contributed by atoms with Gasteiger partial charge in [0.15, 0.2) is 0 Å². The summed E-state index contributed by atoms with van der Waals surface area (Å²) in [5, 5.41) is 3.52. The number of rotatable bonds is 5. The minimum absolute atomic E-state index is 0.104. The van der Waals surface area contributed by atoms with Crippen LogP contribution in [0.5, 0.6) is 0 Å². The lowest BCUT2D eigenvalue weighted by Gasteiger charge is -2.39. The Labute approximate surface area is 105 Å². The van der Waals surface area contributed by atoms with Crippen LogP contribution in [0.25, 0.3) is 0 Å². The van der Waals surface area contributed by atoms with Crippen LogP contribution in [0, 0.1) is 5.92 Å². The summed E-state index contributed by atoms with van der Waals surface area (Å²) in [7, 11) is 3.97. The summed E-state index contributed by atoms with van der Waals surface area (Å²) in [6.45, 7) is 1.89. The SMILES string of the molecule is CNC(CC1CCOCC1)C1(OC)CCCC1. The van der Waals surface area contributed by atoms with Gasteiger partial charge in [0.25, 0.3) is 0 Å². The van der Waals surface area contributed by atoms with Crippen molar-refractivity contribution in [3.8, 4) is 0 Å². The van der Waals surface area contributed by atoms with Crippen molar-refractivity contribution in [2.75, 3.05) is 27.4 Å². The van der Waals surface area contributed by atoms with Gasteiger partial charge in [-0.2, -0.15) is 0 Å². The van der Waals surface area contributed by atoms with Gasteiger partial charge >= 0.3 is 0 Å². The van der Waals surface area contributed by atoms with Crippen molar-refractivity contribution in [2.45, 2.75) is 56.6 Å². The number of ether oxygens (including phenoxy) is 2. The first-order valence-electron chi connectivity index (χ1n) is 7.11. The van der Waals surface area contributed by atoms with Crippen LogP contribution in [0.15, 0.2) is 0 Å². The molecule has 1 unspecified atom stereocenters. The highest BCUT2D eigenvalue weighted by Crippen LogP contribution is 2.38. The second kappa shape index (κ2) is 6.17. The lowest BCUT2D eigenvalue weighted by Crippen LogP contribution is -2.50. The maximum Gasteiger partial charge on any atom is 0.0830 e. The maximum atomic E-state index is 5.90. The number of methoxy groups -OCH3 is 1. The summed E-state index contributed by atoms with van der Waals surface area (Å²) >= 11 is 0. The molecule has 0 aromatic heterocycles. The zero-order valence-corrected chi connectivity index (χ0v) is 11.3. The monoisotopic (exact) mass is 241 g/mol. The summed E-state index contributed by atoms with van der Waals surface area (Å²) in [4.78, 5) is 0. The smallest absolute Gasteiger partial charge is 0.0830 e. The molecule has 2 fully saturated rings. The molecule has 17 heavy (non-hydrogen) atoms. The molecule has 0 radical (unpaired) electrons. The molecule has 2 aliphatic rings. The molecule has 1 atom stereocenters. The van der Waals surface area contributed by atoms with Crippen molar-refractivity contribution in [2.24, 2.45) is 5.92 Å². The molecule has 3 nitrogen and oxygen atoms in total. The van der Waals surface area contributed by atoms with Gasteiger partial charge in [0, 0.05) is 26.4 Å². The number of hydrogen-bond acceptors (Lipinski definition) is 3. The van der Waals surface area contributed by atoms with E-state index < -0.39 is 0 Å². The average Bonchev–Trinajstić information content (AvgIpc) is 2.87. The van der Waals surface area contributed by atoms with Crippen molar-refractivity contribution in [3.63, 3.8) is 0 Å². The van der Waals surface area contributed by atoms with Gasteiger partial charge in [0.2, 0.25) is 0 Å². The van der Waals surface area contributed by atoms with Crippen molar-refractivity contribution in [3.05, 3.63) is 0 Å². The van der Waals surface area contributed by atoms with Crippen molar-refractivity contribution in [1.82, 2.24) is 5.32 Å². The first kappa shape index (κ1) is 13.3. The molecule has 0 bridgehead atoms. The number of hydrogen-bond donors (Lipinski definition) is 1. The van der Waals surface area contributed by atoms with E-state index in [4.69, 9.17) is 9.47 Å². The first-order chi connectivity index (χ1) is 8.30. The van der Waals surface area contributed by atoms with Crippen molar-refractivity contribution >= 4 is 0 Å². The lowest BCUT2D eigenvalue weighted by molar-refractivity contribution is -0.0449. The van der Waals surface area contributed by atoms with Gasteiger partial charge < -0.3 is 14.8 Å². The maximum absolute atomic E-state index is 5.90. The van der Waals surface area contributed by atoms with Crippen LogP contribution in [-0.4, -0.2) is 39.0 Å². The zero-order chi connectivity index (χ0) is 12.1. The van der Waals surface area contributed by atoms with Crippen LogP contribution >= 0.6 is 0 Å². The van der Waals surface area contributed by atoms with Gasteiger partial charge in [-0.25, -0.2) is 0 Å². The van der Waals surface area contributed by atoms with Gasteiger partial charge in [0.1, 0.15) is 0 Å². The Morgan fingerprint density at radius 2 is 1.94 bits per heavy atom. The average molecular weight is 241 g/mol. The topological polar surface area (TPSA) is 30.5 Å². The Morgan fingerprint density at radius 1 is 1.29 bits per heavy atom. The summed E-state index contributed by atoms with van der Waals surface area (Å²) in [5.74, 6) is 0.814. The highest BCUT2D eigenvalue weighted by atomic mass is 16.5. The second-order valence-corrected chi connectivity index (χ2v) is 5.61. The minimum atomic E-state index is 0.104. The molecule has 1 heterocycles.